The first-order chi connectivity index (χ1) is 16.4. The van der Waals surface area contributed by atoms with Gasteiger partial charge in [0.25, 0.3) is 0 Å². The number of fused-ring (bicyclic) bond motifs is 3. The standard InChI is InChI=1S/C22H22F3N7S2/c1-2-3-14-10-15-18(30-7-8-32-17(12-30)28-29-20(32)22(23,24)25)26-21(27-19(15)34-14)31-6-4-16-13(11-31)5-9-33-16/h5,9-10H,2-4,6-8,11-12H2,1H3. The van der Waals surface area contributed by atoms with Gasteiger partial charge in [-0.25, -0.2) is 4.98 Å². The molecule has 0 aromatic carbocycles. The predicted molar refractivity (Wildman–Crippen MR) is 127 cm³/mol. The Hall–Kier alpha value is -2.73. The molecule has 7 nitrogen and oxygen atoms in total. The van der Waals surface area contributed by atoms with Crippen LogP contribution in [-0.4, -0.2) is 37.8 Å². The van der Waals surface area contributed by atoms with Crippen molar-refractivity contribution in [2.24, 2.45) is 0 Å². The highest BCUT2D eigenvalue weighted by Crippen LogP contribution is 2.37. The van der Waals surface area contributed by atoms with Crippen molar-refractivity contribution in [1.82, 2.24) is 24.7 Å². The molecule has 0 N–H and O–H groups in total. The van der Waals surface area contributed by atoms with Gasteiger partial charge in [-0.05, 0) is 35.9 Å². The van der Waals surface area contributed by atoms with E-state index < -0.39 is 12.0 Å². The van der Waals surface area contributed by atoms with Crippen LogP contribution in [0.25, 0.3) is 10.2 Å². The van der Waals surface area contributed by atoms with Crippen molar-refractivity contribution in [2.75, 3.05) is 22.9 Å². The molecule has 34 heavy (non-hydrogen) atoms. The second-order valence-electron chi connectivity index (χ2n) is 8.58. The summed E-state index contributed by atoms with van der Waals surface area (Å²) in [6, 6.07) is 4.29. The molecule has 0 saturated heterocycles. The van der Waals surface area contributed by atoms with E-state index in [2.05, 4.69) is 39.5 Å². The van der Waals surface area contributed by atoms with E-state index in [0.29, 0.717) is 18.3 Å². The number of hydrogen-bond donors (Lipinski definition) is 0. The van der Waals surface area contributed by atoms with Crippen LogP contribution < -0.4 is 9.80 Å². The molecule has 0 amide bonds. The minimum atomic E-state index is -4.51. The van der Waals surface area contributed by atoms with Gasteiger partial charge in [0, 0.05) is 35.9 Å². The van der Waals surface area contributed by atoms with Crippen molar-refractivity contribution in [3.8, 4) is 0 Å². The third-order valence-corrected chi connectivity index (χ3v) is 8.42. The number of thiophene rings is 2. The first-order valence-corrected chi connectivity index (χ1v) is 12.9. The topological polar surface area (TPSA) is 63.0 Å². The van der Waals surface area contributed by atoms with Crippen LogP contribution in [0.3, 0.4) is 0 Å². The summed E-state index contributed by atoms with van der Waals surface area (Å²) in [6.45, 7) is 4.53. The summed E-state index contributed by atoms with van der Waals surface area (Å²) in [5.74, 6) is 0.804. The molecule has 0 radical (unpaired) electrons. The van der Waals surface area contributed by atoms with E-state index in [1.165, 1.54) is 19.9 Å². The van der Waals surface area contributed by atoms with Crippen molar-refractivity contribution < 1.29 is 13.2 Å². The molecule has 4 aromatic rings. The Morgan fingerprint density at radius 1 is 1.06 bits per heavy atom. The summed E-state index contributed by atoms with van der Waals surface area (Å²) in [4.78, 5) is 17.7. The van der Waals surface area contributed by atoms with Gasteiger partial charge in [-0.3, -0.25) is 0 Å². The number of aromatic nitrogens is 5. The van der Waals surface area contributed by atoms with E-state index in [1.54, 1.807) is 22.7 Å². The number of alkyl halides is 3. The number of anilines is 2. The summed E-state index contributed by atoms with van der Waals surface area (Å²) in [5.41, 5.74) is 1.31. The Balaban J connectivity index is 1.39. The Labute approximate surface area is 201 Å². The third-order valence-electron chi connectivity index (χ3n) is 6.31. The number of hydrogen-bond acceptors (Lipinski definition) is 8. The lowest BCUT2D eigenvalue weighted by atomic mass is 10.1. The maximum atomic E-state index is 13.3. The molecular formula is C22H22F3N7S2. The molecule has 178 valence electrons. The van der Waals surface area contributed by atoms with Gasteiger partial charge in [0.1, 0.15) is 10.6 Å². The Morgan fingerprint density at radius 3 is 2.76 bits per heavy atom. The van der Waals surface area contributed by atoms with Crippen LogP contribution in [0.4, 0.5) is 24.9 Å². The van der Waals surface area contributed by atoms with Gasteiger partial charge < -0.3 is 14.4 Å². The molecular weight excluding hydrogens is 483 g/mol. The van der Waals surface area contributed by atoms with Crippen molar-refractivity contribution in [3.63, 3.8) is 0 Å². The van der Waals surface area contributed by atoms with Crippen molar-refractivity contribution >= 4 is 44.7 Å². The Kier molecular flexibility index (Phi) is 5.25. The molecule has 0 spiro atoms. The number of rotatable bonds is 4. The van der Waals surface area contributed by atoms with Crippen molar-refractivity contribution in [1.29, 1.82) is 0 Å². The van der Waals surface area contributed by atoms with E-state index in [4.69, 9.17) is 9.97 Å². The first kappa shape index (κ1) is 21.8. The summed E-state index contributed by atoms with van der Waals surface area (Å²) < 4.78 is 41.1. The highest BCUT2D eigenvalue weighted by Gasteiger charge is 2.40. The van der Waals surface area contributed by atoms with Crippen LogP contribution in [0.15, 0.2) is 17.5 Å². The molecule has 0 saturated carbocycles. The monoisotopic (exact) mass is 505 g/mol. The van der Waals surface area contributed by atoms with Crippen LogP contribution in [-0.2, 0) is 38.7 Å². The summed E-state index contributed by atoms with van der Waals surface area (Å²) in [6.07, 6.45) is -1.56. The fraction of sp³-hybridized carbons (Fsp3) is 0.455. The quantitative estimate of drug-likeness (QED) is 0.393. The lowest BCUT2D eigenvalue weighted by Crippen LogP contribution is -2.36. The molecule has 6 heterocycles. The number of nitrogens with zero attached hydrogens (tertiary/aromatic N) is 7. The van der Waals surface area contributed by atoms with E-state index in [-0.39, 0.29) is 13.1 Å². The van der Waals surface area contributed by atoms with Gasteiger partial charge in [0.2, 0.25) is 11.8 Å². The molecule has 2 aliphatic heterocycles. The predicted octanol–water partition coefficient (Wildman–Crippen LogP) is 4.90. The summed E-state index contributed by atoms with van der Waals surface area (Å²) in [5, 5.41) is 10.3. The van der Waals surface area contributed by atoms with Crippen LogP contribution in [0.1, 0.15) is 40.3 Å². The van der Waals surface area contributed by atoms with Gasteiger partial charge in [-0.2, -0.15) is 18.2 Å². The molecule has 12 heteroatoms. The molecule has 0 atom stereocenters. The van der Waals surface area contributed by atoms with Crippen LogP contribution in [0, 0.1) is 0 Å². The SMILES string of the molecule is CCCc1cc2c(N3CCn4c(nnc4C(F)(F)F)C3)nc(N3CCc4sccc4C3)nc2s1. The van der Waals surface area contributed by atoms with E-state index >= 15 is 0 Å². The van der Waals surface area contributed by atoms with Gasteiger partial charge in [0.15, 0.2) is 5.82 Å². The second kappa shape index (κ2) is 8.19. The first-order valence-electron chi connectivity index (χ1n) is 11.3. The third kappa shape index (κ3) is 3.72. The molecule has 0 bridgehead atoms. The zero-order chi connectivity index (χ0) is 23.4. The lowest BCUT2D eigenvalue weighted by Gasteiger charge is -2.31. The molecule has 0 unspecified atom stereocenters. The number of halogens is 3. The van der Waals surface area contributed by atoms with E-state index in [0.717, 1.165) is 48.4 Å². The maximum absolute atomic E-state index is 13.3. The molecule has 0 aliphatic carbocycles. The maximum Gasteiger partial charge on any atom is 0.451 e. The fourth-order valence-corrected chi connectivity index (χ4v) is 6.67. The highest BCUT2D eigenvalue weighted by molar-refractivity contribution is 7.18. The fourth-order valence-electron chi connectivity index (χ4n) is 4.66. The minimum Gasteiger partial charge on any atom is -0.347 e. The van der Waals surface area contributed by atoms with Crippen LogP contribution >= 0.6 is 22.7 Å². The van der Waals surface area contributed by atoms with Gasteiger partial charge in [-0.15, -0.1) is 32.9 Å². The van der Waals surface area contributed by atoms with E-state index in [9.17, 15) is 13.2 Å². The van der Waals surface area contributed by atoms with Crippen molar-refractivity contribution in [2.45, 2.75) is 52.0 Å². The normalized spacial score (nSPS) is 16.2. The van der Waals surface area contributed by atoms with Gasteiger partial charge in [-0.1, -0.05) is 13.3 Å². The van der Waals surface area contributed by atoms with Gasteiger partial charge in [0.05, 0.1) is 11.9 Å². The smallest absolute Gasteiger partial charge is 0.347 e. The molecule has 6 rings (SSSR count). The zero-order valence-corrected chi connectivity index (χ0v) is 20.1. The lowest BCUT2D eigenvalue weighted by molar-refractivity contribution is -0.147. The highest BCUT2D eigenvalue weighted by atomic mass is 32.1. The molecule has 2 aliphatic rings. The molecule has 4 aromatic heterocycles. The largest absolute Gasteiger partial charge is 0.451 e. The number of aryl methyl sites for hydroxylation is 1. The molecule has 0 fully saturated rings. The Morgan fingerprint density at radius 2 is 1.94 bits per heavy atom. The summed E-state index contributed by atoms with van der Waals surface area (Å²) >= 11 is 3.46. The van der Waals surface area contributed by atoms with Gasteiger partial charge >= 0.3 is 6.18 Å². The minimum absolute atomic E-state index is 0.159. The van der Waals surface area contributed by atoms with Crippen molar-refractivity contribution in [3.05, 3.63) is 44.5 Å². The van der Waals surface area contributed by atoms with Crippen LogP contribution in [0.5, 0.6) is 0 Å². The average molecular weight is 506 g/mol. The average Bonchev–Trinajstić information content (AvgIpc) is 3.54. The zero-order valence-electron chi connectivity index (χ0n) is 18.5. The van der Waals surface area contributed by atoms with Crippen LogP contribution in [0.2, 0.25) is 0 Å². The summed E-state index contributed by atoms with van der Waals surface area (Å²) in [7, 11) is 0. The second-order valence-corrected chi connectivity index (χ2v) is 10.7. The van der Waals surface area contributed by atoms with E-state index in [1.807, 2.05) is 4.90 Å². The Bertz CT molecular complexity index is 1360.